The second-order valence-electron chi connectivity index (χ2n) is 2.18. The Hall–Kier alpha value is -1.43. The molecule has 1 heterocycles. The quantitative estimate of drug-likeness (QED) is 0.537. The topological polar surface area (TPSA) is 67.3 Å². The van der Waals surface area contributed by atoms with Crippen molar-refractivity contribution in [1.82, 2.24) is 9.97 Å². The number of rotatable bonds is 4. The summed E-state index contributed by atoms with van der Waals surface area (Å²) in [6.07, 6.45) is 0.886. The number of hydrogen-bond donors (Lipinski definition) is 2. The van der Waals surface area contributed by atoms with Gasteiger partial charge in [0.25, 0.3) is 0 Å². The molecule has 0 aliphatic heterocycles. The van der Waals surface area contributed by atoms with Gasteiger partial charge in [-0.25, -0.2) is 9.37 Å². The van der Waals surface area contributed by atoms with Crippen LogP contribution in [0, 0.1) is 5.82 Å². The summed E-state index contributed by atoms with van der Waals surface area (Å²) in [5, 5.41) is 11.4. The van der Waals surface area contributed by atoms with Gasteiger partial charge in [0.2, 0.25) is 0 Å². The molecule has 0 unspecified atom stereocenters. The minimum atomic E-state index is -0.627. The van der Waals surface area contributed by atoms with Crippen LogP contribution in [-0.4, -0.2) is 28.4 Å². The fourth-order valence-electron chi connectivity index (χ4n) is 0.703. The maximum atomic E-state index is 12.8. The molecule has 1 aromatic rings. The van der Waals surface area contributed by atoms with E-state index in [9.17, 15) is 4.39 Å². The number of hydrogen-bond acceptors (Lipinski definition) is 5. The molecule has 0 atom stereocenters. The van der Waals surface area contributed by atoms with Crippen molar-refractivity contribution in [2.24, 2.45) is 0 Å². The Morgan fingerprint density at radius 1 is 1.69 bits per heavy atom. The van der Waals surface area contributed by atoms with Gasteiger partial charge in [0.15, 0.2) is 11.6 Å². The molecular formula is C7H10FN3O2. The predicted octanol–water partition coefficient (Wildman–Crippen LogP) is 0.727. The van der Waals surface area contributed by atoms with Gasteiger partial charge in [0.1, 0.15) is 6.73 Å². The Kier molecular flexibility index (Phi) is 3.39. The Bertz CT molecular complexity index is 282. The Balaban J connectivity index is 2.59. The lowest BCUT2D eigenvalue weighted by molar-refractivity contribution is 0.166. The molecule has 0 aliphatic carbocycles. The van der Waals surface area contributed by atoms with Crippen LogP contribution in [0.4, 0.5) is 10.2 Å². The maximum Gasteiger partial charge on any atom is 0.315 e. The minimum Gasteiger partial charge on any atom is -0.479 e. The highest BCUT2D eigenvalue weighted by atomic mass is 19.1. The van der Waals surface area contributed by atoms with E-state index >= 15 is 0 Å². The SMILES string of the molecule is CCOCNc1nc(O)ncc1F. The zero-order chi connectivity index (χ0) is 9.68. The van der Waals surface area contributed by atoms with Crippen LogP contribution >= 0.6 is 0 Å². The molecule has 0 bridgehead atoms. The number of ether oxygens (including phenoxy) is 1. The van der Waals surface area contributed by atoms with Crippen molar-refractivity contribution >= 4 is 5.82 Å². The van der Waals surface area contributed by atoms with E-state index in [1.807, 2.05) is 6.92 Å². The molecule has 0 saturated carbocycles. The van der Waals surface area contributed by atoms with Gasteiger partial charge in [-0.2, -0.15) is 4.98 Å². The largest absolute Gasteiger partial charge is 0.479 e. The molecule has 2 N–H and O–H groups in total. The van der Waals surface area contributed by atoms with Crippen LogP contribution in [0.2, 0.25) is 0 Å². The van der Waals surface area contributed by atoms with Crippen LogP contribution in [-0.2, 0) is 4.74 Å². The fourth-order valence-corrected chi connectivity index (χ4v) is 0.703. The van der Waals surface area contributed by atoms with E-state index in [0.29, 0.717) is 6.61 Å². The molecule has 0 saturated heterocycles. The molecule has 5 nitrogen and oxygen atoms in total. The van der Waals surface area contributed by atoms with Gasteiger partial charge in [-0.3, -0.25) is 0 Å². The molecular weight excluding hydrogens is 177 g/mol. The summed E-state index contributed by atoms with van der Waals surface area (Å²) >= 11 is 0. The lowest BCUT2D eigenvalue weighted by Gasteiger charge is -2.05. The van der Waals surface area contributed by atoms with Gasteiger partial charge in [-0.15, -0.1) is 0 Å². The highest BCUT2D eigenvalue weighted by molar-refractivity contribution is 5.35. The third-order valence-electron chi connectivity index (χ3n) is 1.28. The van der Waals surface area contributed by atoms with Crippen molar-refractivity contribution in [3.8, 4) is 6.01 Å². The molecule has 13 heavy (non-hydrogen) atoms. The zero-order valence-electron chi connectivity index (χ0n) is 7.12. The van der Waals surface area contributed by atoms with Crippen molar-refractivity contribution in [3.63, 3.8) is 0 Å². The fraction of sp³-hybridized carbons (Fsp3) is 0.429. The summed E-state index contributed by atoms with van der Waals surface area (Å²) in [7, 11) is 0. The number of aromatic hydroxyl groups is 1. The Morgan fingerprint density at radius 2 is 2.46 bits per heavy atom. The summed E-state index contributed by atoms with van der Waals surface area (Å²) in [6, 6.07) is -0.472. The van der Waals surface area contributed by atoms with Crippen LogP contribution < -0.4 is 5.32 Å². The van der Waals surface area contributed by atoms with Gasteiger partial charge >= 0.3 is 6.01 Å². The van der Waals surface area contributed by atoms with E-state index in [0.717, 1.165) is 6.20 Å². The lowest BCUT2D eigenvalue weighted by Crippen LogP contribution is -2.08. The van der Waals surface area contributed by atoms with Crippen molar-refractivity contribution in [1.29, 1.82) is 0 Å². The summed E-state index contributed by atoms with van der Waals surface area (Å²) < 4.78 is 17.8. The van der Waals surface area contributed by atoms with Gasteiger partial charge in [-0.1, -0.05) is 0 Å². The first-order valence-corrected chi connectivity index (χ1v) is 3.77. The first-order chi connectivity index (χ1) is 6.24. The third-order valence-corrected chi connectivity index (χ3v) is 1.28. The van der Waals surface area contributed by atoms with Crippen LogP contribution in [0.5, 0.6) is 6.01 Å². The number of nitrogens with one attached hydrogen (secondary N) is 1. The zero-order valence-corrected chi connectivity index (χ0v) is 7.12. The standard InChI is InChI=1S/C7H10FN3O2/c1-2-13-4-10-6-5(8)3-9-7(12)11-6/h3H,2,4H2,1H3,(H2,9,10,11,12). The summed E-state index contributed by atoms with van der Waals surface area (Å²) in [5.41, 5.74) is 0. The monoisotopic (exact) mass is 187 g/mol. The van der Waals surface area contributed by atoms with Gasteiger partial charge < -0.3 is 15.2 Å². The normalized spacial score (nSPS) is 10.0. The second-order valence-corrected chi connectivity index (χ2v) is 2.18. The molecule has 0 radical (unpaired) electrons. The maximum absolute atomic E-state index is 12.8. The highest BCUT2D eigenvalue weighted by Crippen LogP contribution is 2.11. The number of halogens is 1. The van der Waals surface area contributed by atoms with Crippen molar-refractivity contribution < 1.29 is 14.2 Å². The molecule has 0 aliphatic rings. The van der Waals surface area contributed by atoms with Gasteiger partial charge in [0.05, 0.1) is 6.20 Å². The van der Waals surface area contributed by atoms with Crippen molar-refractivity contribution in [3.05, 3.63) is 12.0 Å². The smallest absolute Gasteiger partial charge is 0.315 e. The number of nitrogens with zero attached hydrogens (tertiary/aromatic N) is 2. The summed E-state index contributed by atoms with van der Waals surface area (Å²) in [5.74, 6) is -0.696. The molecule has 0 aromatic carbocycles. The highest BCUT2D eigenvalue weighted by Gasteiger charge is 2.04. The van der Waals surface area contributed by atoms with E-state index in [4.69, 9.17) is 9.84 Å². The van der Waals surface area contributed by atoms with Gasteiger partial charge in [0, 0.05) is 6.61 Å². The Labute approximate surface area is 74.6 Å². The van der Waals surface area contributed by atoms with Crippen molar-refractivity contribution in [2.75, 3.05) is 18.7 Å². The average molecular weight is 187 g/mol. The van der Waals surface area contributed by atoms with Crippen molar-refractivity contribution in [2.45, 2.75) is 6.92 Å². The van der Waals surface area contributed by atoms with E-state index in [1.165, 1.54) is 0 Å². The molecule has 1 aromatic heterocycles. The lowest BCUT2D eigenvalue weighted by atomic mass is 10.5. The average Bonchev–Trinajstić information content (AvgIpc) is 2.11. The van der Waals surface area contributed by atoms with Crippen LogP contribution in [0.15, 0.2) is 6.20 Å². The first kappa shape index (κ1) is 9.66. The minimum absolute atomic E-state index is 0.0686. The molecule has 72 valence electrons. The van der Waals surface area contributed by atoms with E-state index in [1.54, 1.807) is 0 Å². The summed E-state index contributed by atoms with van der Waals surface area (Å²) in [6.45, 7) is 2.48. The van der Waals surface area contributed by atoms with E-state index < -0.39 is 11.8 Å². The first-order valence-electron chi connectivity index (χ1n) is 3.77. The van der Waals surface area contributed by atoms with Crippen LogP contribution in [0.1, 0.15) is 6.92 Å². The second kappa shape index (κ2) is 4.56. The van der Waals surface area contributed by atoms with E-state index in [2.05, 4.69) is 15.3 Å². The number of aromatic nitrogens is 2. The van der Waals surface area contributed by atoms with Gasteiger partial charge in [-0.05, 0) is 6.92 Å². The molecule has 6 heteroatoms. The number of anilines is 1. The van der Waals surface area contributed by atoms with Crippen LogP contribution in [0.25, 0.3) is 0 Å². The summed E-state index contributed by atoms with van der Waals surface area (Å²) in [4.78, 5) is 6.68. The van der Waals surface area contributed by atoms with Crippen LogP contribution in [0.3, 0.4) is 0 Å². The molecule has 0 fully saturated rings. The third kappa shape index (κ3) is 2.83. The molecule has 1 rings (SSSR count). The van der Waals surface area contributed by atoms with E-state index in [-0.39, 0.29) is 12.5 Å². The predicted molar refractivity (Wildman–Crippen MR) is 43.8 cm³/mol. The molecule has 0 spiro atoms. The Morgan fingerprint density at radius 3 is 3.15 bits per heavy atom. The molecule has 0 amide bonds.